The number of nitrogens with zero attached hydrogens (tertiary/aromatic N) is 2. The fourth-order valence-corrected chi connectivity index (χ4v) is 1.70. The predicted molar refractivity (Wildman–Crippen MR) is 74.9 cm³/mol. The van der Waals surface area contributed by atoms with Crippen molar-refractivity contribution >= 4 is 11.7 Å². The lowest BCUT2D eigenvalue weighted by atomic mass is 10.1. The quantitative estimate of drug-likeness (QED) is 0.843. The predicted octanol–water partition coefficient (Wildman–Crippen LogP) is 2.77. The van der Waals surface area contributed by atoms with Crippen LogP contribution in [0.2, 0.25) is 0 Å². The zero-order valence-corrected chi connectivity index (χ0v) is 11.7. The maximum atomic E-state index is 11.7. The van der Waals surface area contributed by atoms with Crippen LogP contribution < -0.4 is 5.32 Å². The van der Waals surface area contributed by atoms with Crippen molar-refractivity contribution in [1.82, 2.24) is 9.88 Å². The minimum Gasteiger partial charge on any atom is -0.368 e. The number of hydrogen-bond donors (Lipinski definition) is 1. The highest BCUT2D eigenvalue weighted by Gasteiger charge is 2.08. The molecular formula is C14H23N3O. The zero-order chi connectivity index (χ0) is 13.5. The molecule has 0 aliphatic carbocycles. The van der Waals surface area contributed by atoms with Gasteiger partial charge in [0.05, 0.1) is 5.56 Å². The minimum absolute atomic E-state index is 0.0203. The Kier molecular flexibility index (Phi) is 5.62. The van der Waals surface area contributed by atoms with Gasteiger partial charge >= 0.3 is 0 Å². The third kappa shape index (κ3) is 4.35. The van der Waals surface area contributed by atoms with Gasteiger partial charge in [0.2, 0.25) is 0 Å². The first-order valence-electron chi connectivity index (χ1n) is 6.48. The number of carbonyl (C=O) groups excluding carboxylic acids is 1. The summed E-state index contributed by atoms with van der Waals surface area (Å²) in [5.41, 5.74) is 0.617. The fourth-order valence-electron chi connectivity index (χ4n) is 1.70. The van der Waals surface area contributed by atoms with Crippen LogP contribution in [-0.4, -0.2) is 35.9 Å². The topological polar surface area (TPSA) is 45.2 Å². The van der Waals surface area contributed by atoms with Gasteiger partial charge in [-0.1, -0.05) is 19.8 Å². The van der Waals surface area contributed by atoms with Gasteiger partial charge < -0.3 is 10.2 Å². The molecule has 100 valence electrons. The molecule has 1 atom stereocenters. The Balaban J connectivity index is 2.57. The highest BCUT2D eigenvalue weighted by atomic mass is 16.2. The summed E-state index contributed by atoms with van der Waals surface area (Å²) in [4.78, 5) is 17.5. The highest BCUT2D eigenvalue weighted by Crippen LogP contribution is 2.10. The van der Waals surface area contributed by atoms with Crippen molar-refractivity contribution in [2.24, 2.45) is 0 Å². The molecular weight excluding hydrogens is 226 g/mol. The van der Waals surface area contributed by atoms with Crippen molar-refractivity contribution in [3.05, 3.63) is 23.9 Å². The molecule has 1 amide bonds. The third-order valence-corrected chi connectivity index (χ3v) is 2.80. The molecule has 0 aliphatic rings. The summed E-state index contributed by atoms with van der Waals surface area (Å²) in [5, 5.41) is 3.34. The van der Waals surface area contributed by atoms with Crippen LogP contribution in [0.4, 0.5) is 5.82 Å². The lowest BCUT2D eigenvalue weighted by Gasteiger charge is -2.14. The van der Waals surface area contributed by atoms with Gasteiger partial charge in [0, 0.05) is 26.3 Å². The Morgan fingerprint density at radius 2 is 2.17 bits per heavy atom. The molecule has 0 saturated heterocycles. The van der Waals surface area contributed by atoms with E-state index in [0.29, 0.717) is 11.6 Å². The molecule has 0 aromatic carbocycles. The maximum absolute atomic E-state index is 11.7. The van der Waals surface area contributed by atoms with E-state index in [1.807, 2.05) is 12.1 Å². The van der Waals surface area contributed by atoms with E-state index in [9.17, 15) is 4.79 Å². The zero-order valence-electron chi connectivity index (χ0n) is 11.7. The summed E-state index contributed by atoms with van der Waals surface area (Å²) < 4.78 is 0. The summed E-state index contributed by atoms with van der Waals surface area (Å²) in [6.07, 6.45) is 5.18. The SMILES string of the molecule is CCCCC(C)Nc1ccc(C(=O)N(C)C)cn1. The number of carbonyl (C=O) groups is 1. The molecule has 0 spiro atoms. The van der Waals surface area contributed by atoms with Gasteiger partial charge in [0.15, 0.2) is 0 Å². The van der Waals surface area contributed by atoms with Crippen LogP contribution in [0.5, 0.6) is 0 Å². The number of pyridine rings is 1. The van der Waals surface area contributed by atoms with Gasteiger partial charge in [-0.05, 0) is 25.5 Å². The largest absolute Gasteiger partial charge is 0.368 e. The lowest BCUT2D eigenvalue weighted by Crippen LogP contribution is -2.22. The first-order valence-corrected chi connectivity index (χ1v) is 6.48. The van der Waals surface area contributed by atoms with Crippen LogP contribution in [0.25, 0.3) is 0 Å². The molecule has 4 heteroatoms. The molecule has 1 heterocycles. The molecule has 4 nitrogen and oxygen atoms in total. The van der Waals surface area contributed by atoms with Crippen molar-refractivity contribution in [3.63, 3.8) is 0 Å². The summed E-state index contributed by atoms with van der Waals surface area (Å²) >= 11 is 0. The van der Waals surface area contributed by atoms with E-state index in [4.69, 9.17) is 0 Å². The van der Waals surface area contributed by atoms with Crippen molar-refractivity contribution in [2.75, 3.05) is 19.4 Å². The van der Waals surface area contributed by atoms with E-state index in [1.165, 1.54) is 12.8 Å². The Bertz CT molecular complexity index is 373. The number of aromatic nitrogens is 1. The first-order chi connectivity index (χ1) is 8.54. The number of anilines is 1. The van der Waals surface area contributed by atoms with Crippen molar-refractivity contribution in [2.45, 2.75) is 39.2 Å². The van der Waals surface area contributed by atoms with Crippen molar-refractivity contribution < 1.29 is 4.79 Å². The normalized spacial score (nSPS) is 12.0. The number of rotatable bonds is 6. The van der Waals surface area contributed by atoms with Gasteiger partial charge in [0.25, 0.3) is 5.91 Å². The van der Waals surface area contributed by atoms with E-state index in [0.717, 1.165) is 12.2 Å². The Morgan fingerprint density at radius 1 is 1.44 bits per heavy atom. The van der Waals surface area contributed by atoms with E-state index >= 15 is 0 Å². The molecule has 0 radical (unpaired) electrons. The van der Waals surface area contributed by atoms with E-state index in [1.54, 1.807) is 25.2 Å². The Morgan fingerprint density at radius 3 is 2.67 bits per heavy atom. The van der Waals surface area contributed by atoms with Crippen LogP contribution in [0.1, 0.15) is 43.5 Å². The summed E-state index contributed by atoms with van der Waals surface area (Å²) in [6, 6.07) is 4.08. The minimum atomic E-state index is -0.0203. The average molecular weight is 249 g/mol. The van der Waals surface area contributed by atoms with Gasteiger partial charge in [0.1, 0.15) is 5.82 Å². The Hall–Kier alpha value is -1.58. The molecule has 1 unspecified atom stereocenters. The summed E-state index contributed by atoms with van der Waals surface area (Å²) in [5.74, 6) is 0.807. The second-order valence-electron chi connectivity index (χ2n) is 4.82. The van der Waals surface area contributed by atoms with Crippen LogP contribution in [0, 0.1) is 0 Å². The molecule has 1 aromatic heterocycles. The van der Waals surface area contributed by atoms with Crippen molar-refractivity contribution in [3.8, 4) is 0 Å². The standard InChI is InChI=1S/C14H23N3O/c1-5-6-7-11(2)16-13-9-8-12(10-15-13)14(18)17(3)4/h8-11H,5-7H2,1-4H3,(H,15,16). The van der Waals surface area contributed by atoms with Crippen LogP contribution in [-0.2, 0) is 0 Å². The van der Waals surface area contributed by atoms with Crippen LogP contribution >= 0.6 is 0 Å². The number of unbranched alkanes of at least 4 members (excludes halogenated alkanes) is 1. The number of nitrogens with one attached hydrogen (secondary N) is 1. The second-order valence-corrected chi connectivity index (χ2v) is 4.82. The average Bonchev–Trinajstić information content (AvgIpc) is 2.36. The van der Waals surface area contributed by atoms with Gasteiger partial charge in [-0.15, -0.1) is 0 Å². The molecule has 1 rings (SSSR count). The molecule has 18 heavy (non-hydrogen) atoms. The highest BCUT2D eigenvalue weighted by molar-refractivity contribution is 5.93. The van der Waals surface area contributed by atoms with Crippen molar-refractivity contribution in [1.29, 1.82) is 0 Å². The smallest absolute Gasteiger partial charge is 0.254 e. The van der Waals surface area contributed by atoms with Gasteiger partial charge in [-0.3, -0.25) is 4.79 Å². The van der Waals surface area contributed by atoms with Gasteiger partial charge in [-0.2, -0.15) is 0 Å². The second kappa shape index (κ2) is 6.99. The monoisotopic (exact) mass is 249 g/mol. The van der Waals surface area contributed by atoms with Crippen LogP contribution in [0.3, 0.4) is 0 Å². The van der Waals surface area contributed by atoms with E-state index in [-0.39, 0.29) is 5.91 Å². The van der Waals surface area contributed by atoms with Crippen LogP contribution in [0.15, 0.2) is 18.3 Å². The van der Waals surface area contributed by atoms with E-state index < -0.39 is 0 Å². The molecule has 1 N–H and O–H groups in total. The van der Waals surface area contributed by atoms with E-state index in [2.05, 4.69) is 24.1 Å². The Labute approximate surface area is 109 Å². The maximum Gasteiger partial charge on any atom is 0.254 e. The molecule has 0 aliphatic heterocycles. The molecule has 1 aromatic rings. The molecule has 0 saturated carbocycles. The summed E-state index contributed by atoms with van der Waals surface area (Å²) in [7, 11) is 3.47. The molecule has 0 fully saturated rings. The molecule has 0 bridgehead atoms. The number of amides is 1. The van der Waals surface area contributed by atoms with Gasteiger partial charge in [-0.25, -0.2) is 4.98 Å². The first kappa shape index (κ1) is 14.5. The third-order valence-electron chi connectivity index (χ3n) is 2.80. The lowest BCUT2D eigenvalue weighted by molar-refractivity contribution is 0.0827. The summed E-state index contributed by atoms with van der Waals surface area (Å²) in [6.45, 7) is 4.34. The fraction of sp³-hybridized carbons (Fsp3) is 0.571. The number of hydrogen-bond acceptors (Lipinski definition) is 3.